The summed E-state index contributed by atoms with van der Waals surface area (Å²) in [7, 11) is 0. The predicted molar refractivity (Wildman–Crippen MR) is 142 cm³/mol. The molecule has 0 bridgehead atoms. The van der Waals surface area contributed by atoms with Crippen molar-refractivity contribution in [1.29, 1.82) is 0 Å². The number of phenols is 5. The fourth-order valence-corrected chi connectivity index (χ4v) is 4.91. The van der Waals surface area contributed by atoms with Gasteiger partial charge in [-0.05, 0) is 19.1 Å². The van der Waals surface area contributed by atoms with Crippen molar-refractivity contribution in [3.63, 3.8) is 0 Å². The molecule has 0 spiro atoms. The zero-order valence-electron chi connectivity index (χ0n) is 22.7. The van der Waals surface area contributed by atoms with Crippen molar-refractivity contribution in [1.82, 2.24) is 0 Å². The first-order valence-corrected chi connectivity index (χ1v) is 13.1. The molecule has 0 unspecified atom stereocenters. The van der Waals surface area contributed by atoms with E-state index in [1.165, 1.54) is 6.92 Å². The standard InChI is InChI=1S/C27H30O17/c1-7-16(32)20(36)22(38)26(41-7)40-6-14-18(34)21(37)23(39)27(43-14)44-25-19(35)15-10(29)4-9(28)5-13(15)42-24(25)8-2-11(30)17(33)12(31)3-8/h2-5,7,14,16,18,20-23,26-34,36-39H,6H2,1H3/t7-,14+,16+,18-,20+,21-,22-,23+,26-,27+/m1/s1. The maximum Gasteiger partial charge on any atom is 0.239 e. The summed E-state index contributed by atoms with van der Waals surface area (Å²) in [6.45, 7) is 0.770. The van der Waals surface area contributed by atoms with Crippen molar-refractivity contribution >= 4 is 11.0 Å². The van der Waals surface area contributed by atoms with Gasteiger partial charge in [0.15, 0.2) is 29.3 Å². The van der Waals surface area contributed by atoms with Crippen LogP contribution in [0.1, 0.15) is 6.92 Å². The van der Waals surface area contributed by atoms with E-state index in [4.69, 9.17) is 23.4 Å². The Morgan fingerprint density at radius 1 is 0.727 bits per heavy atom. The molecule has 0 radical (unpaired) electrons. The minimum absolute atomic E-state index is 0.265. The number of fused-ring (bicyclic) bond motifs is 1. The van der Waals surface area contributed by atoms with E-state index in [9.17, 15) is 61.0 Å². The van der Waals surface area contributed by atoms with Gasteiger partial charge in [-0.1, -0.05) is 0 Å². The van der Waals surface area contributed by atoms with Crippen molar-refractivity contribution < 1.29 is 79.5 Å². The van der Waals surface area contributed by atoms with Crippen LogP contribution in [-0.2, 0) is 14.2 Å². The maximum atomic E-state index is 13.6. The summed E-state index contributed by atoms with van der Waals surface area (Å²) < 4.78 is 27.7. The minimum atomic E-state index is -2.02. The summed E-state index contributed by atoms with van der Waals surface area (Å²) >= 11 is 0. The molecule has 10 atom stereocenters. The Kier molecular flexibility index (Phi) is 8.51. The first-order valence-electron chi connectivity index (χ1n) is 13.1. The number of aliphatic hydroxyl groups is 6. The largest absolute Gasteiger partial charge is 0.508 e. The summed E-state index contributed by atoms with van der Waals surface area (Å²) in [5, 5.41) is 111. The summed E-state index contributed by atoms with van der Waals surface area (Å²) in [5.74, 6) is -5.16. The third-order valence-corrected chi connectivity index (χ3v) is 7.39. The number of aromatic hydroxyl groups is 5. The van der Waals surface area contributed by atoms with Crippen molar-refractivity contribution in [3.05, 3.63) is 34.5 Å². The molecule has 2 aliphatic rings. The van der Waals surface area contributed by atoms with Gasteiger partial charge in [0, 0.05) is 17.7 Å². The Bertz CT molecular complexity index is 1570. The Morgan fingerprint density at radius 3 is 2.00 bits per heavy atom. The lowest BCUT2D eigenvalue weighted by Crippen LogP contribution is -2.61. The van der Waals surface area contributed by atoms with Gasteiger partial charge in [-0.25, -0.2) is 0 Å². The summed E-state index contributed by atoms with van der Waals surface area (Å²) in [6, 6.07) is 3.56. The molecule has 17 heteroatoms. The van der Waals surface area contributed by atoms with Crippen LogP contribution >= 0.6 is 0 Å². The molecule has 1 aromatic heterocycles. The van der Waals surface area contributed by atoms with E-state index in [-0.39, 0.29) is 11.1 Å². The molecule has 2 saturated heterocycles. The first kappa shape index (κ1) is 31.5. The molecule has 2 aromatic carbocycles. The van der Waals surface area contributed by atoms with Crippen LogP contribution in [0.2, 0.25) is 0 Å². The maximum absolute atomic E-state index is 13.6. The molecular weight excluding hydrogens is 596 g/mol. The van der Waals surface area contributed by atoms with Gasteiger partial charge in [-0.2, -0.15) is 0 Å². The molecule has 2 aliphatic heterocycles. The van der Waals surface area contributed by atoms with Crippen LogP contribution < -0.4 is 10.2 Å². The lowest BCUT2D eigenvalue weighted by Gasteiger charge is -2.42. The van der Waals surface area contributed by atoms with Crippen LogP contribution in [0.3, 0.4) is 0 Å². The van der Waals surface area contributed by atoms with Crippen LogP contribution in [0.5, 0.6) is 34.5 Å². The second-order valence-corrected chi connectivity index (χ2v) is 10.4. The van der Waals surface area contributed by atoms with Gasteiger partial charge in [0.1, 0.15) is 65.2 Å². The molecule has 11 N–H and O–H groups in total. The average Bonchev–Trinajstić information content (AvgIpc) is 2.97. The zero-order valence-corrected chi connectivity index (χ0v) is 22.7. The molecule has 240 valence electrons. The number of hydrogen-bond acceptors (Lipinski definition) is 17. The van der Waals surface area contributed by atoms with E-state index in [0.717, 1.165) is 24.3 Å². The lowest BCUT2D eigenvalue weighted by atomic mass is 9.98. The number of benzene rings is 2. The molecule has 0 saturated carbocycles. The highest BCUT2D eigenvalue weighted by molar-refractivity contribution is 5.88. The fourth-order valence-electron chi connectivity index (χ4n) is 4.91. The highest BCUT2D eigenvalue weighted by Crippen LogP contribution is 2.43. The second kappa shape index (κ2) is 11.9. The predicted octanol–water partition coefficient (Wildman–Crippen LogP) is -1.98. The molecule has 5 rings (SSSR count). The van der Waals surface area contributed by atoms with Gasteiger partial charge < -0.3 is 79.5 Å². The van der Waals surface area contributed by atoms with Gasteiger partial charge in [-0.3, -0.25) is 4.79 Å². The average molecular weight is 627 g/mol. The van der Waals surface area contributed by atoms with E-state index in [1.807, 2.05) is 0 Å². The summed E-state index contributed by atoms with van der Waals surface area (Å²) in [5.41, 5.74) is -1.74. The monoisotopic (exact) mass is 626 g/mol. The molecule has 2 fully saturated rings. The molecule has 0 aliphatic carbocycles. The Balaban J connectivity index is 1.50. The van der Waals surface area contributed by atoms with Crippen molar-refractivity contribution in [2.45, 2.75) is 68.3 Å². The summed E-state index contributed by atoms with van der Waals surface area (Å²) in [6.07, 6.45) is -16.5. The number of phenolic OH excluding ortho intramolecular Hbond substituents is 5. The third-order valence-electron chi connectivity index (χ3n) is 7.39. The van der Waals surface area contributed by atoms with Gasteiger partial charge in [0.2, 0.25) is 17.5 Å². The molecular formula is C27H30O17. The lowest BCUT2D eigenvalue weighted by molar-refractivity contribution is -0.318. The van der Waals surface area contributed by atoms with Crippen molar-refractivity contribution in [2.75, 3.05) is 6.61 Å². The van der Waals surface area contributed by atoms with E-state index in [0.29, 0.717) is 0 Å². The number of rotatable bonds is 6. The highest BCUT2D eigenvalue weighted by Gasteiger charge is 2.48. The highest BCUT2D eigenvalue weighted by atomic mass is 16.7. The topological polar surface area (TPSA) is 290 Å². The van der Waals surface area contributed by atoms with Gasteiger partial charge in [0.05, 0.1) is 12.7 Å². The molecule has 3 aromatic rings. The van der Waals surface area contributed by atoms with Crippen LogP contribution in [-0.4, -0.2) is 124 Å². The van der Waals surface area contributed by atoms with Crippen molar-refractivity contribution in [3.8, 4) is 45.8 Å². The number of ether oxygens (including phenoxy) is 4. The number of hydrogen-bond donors (Lipinski definition) is 11. The van der Waals surface area contributed by atoms with Crippen LogP contribution in [0.4, 0.5) is 0 Å². The SMILES string of the molecule is C[C@H]1O[C@@H](OC[C@@H]2O[C@@H](Oc3c(-c4cc(O)c(O)c(O)c4)oc4cc(O)cc(O)c4c3=O)[C@@H](O)[C@H](O)[C@@H]2O)[C@H](O)[C@@H](O)[C@H]1O. The molecule has 0 amide bonds. The minimum Gasteiger partial charge on any atom is -0.508 e. The van der Waals surface area contributed by atoms with Gasteiger partial charge in [-0.15, -0.1) is 0 Å². The van der Waals surface area contributed by atoms with Gasteiger partial charge in [0.25, 0.3) is 0 Å². The van der Waals surface area contributed by atoms with Crippen LogP contribution in [0.15, 0.2) is 33.5 Å². The number of aliphatic hydroxyl groups excluding tert-OH is 6. The Labute approximate surface area is 246 Å². The van der Waals surface area contributed by atoms with Crippen LogP contribution in [0.25, 0.3) is 22.3 Å². The quantitative estimate of drug-likeness (QED) is 0.132. The van der Waals surface area contributed by atoms with Crippen molar-refractivity contribution in [2.24, 2.45) is 0 Å². The van der Waals surface area contributed by atoms with E-state index < -0.39 is 119 Å². The van der Waals surface area contributed by atoms with Crippen LogP contribution in [0, 0.1) is 0 Å². The second-order valence-electron chi connectivity index (χ2n) is 10.4. The van der Waals surface area contributed by atoms with Gasteiger partial charge >= 0.3 is 0 Å². The molecule has 3 heterocycles. The van der Waals surface area contributed by atoms with E-state index in [2.05, 4.69) is 0 Å². The van der Waals surface area contributed by atoms with E-state index >= 15 is 0 Å². The molecule has 17 nitrogen and oxygen atoms in total. The normalized spacial score (nSPS) is 32.5. The fraction of sp³-hybridized carbons (Fsp3) is 0.444. The third kappa shape index (κ3) is 5.56. The first-order chi connectivity index (χ1) is 20.7. The van der Waals surface area contributed by atoms with E-state index in [1.54, 1.807) is 0 Å². The molecule has 44 heavy (non-hydrogen) atoms. The summed E-state index contributed by atoms with van der Waals surface area (Å²) in [4.78, 5) is 13.6. The smallest absolute Gasteiger partial charge is 0.239 e. The Morgan fingerprint density at radius 2 is 1.34 bits per heavy atom. The zero-order chi connectivity index (χ0) is 32.2. The Hall–Kier alpha value is -3.91.